The molecule has 156 valence electrons. The molecule has 30 heavy (non-hydrogen) atoms. The maximum absolute atomic E-state index is 12.8. The van der Waals surface area contributed by atoms with E-state index >= 15 is 0 Å². The van der Waals surface area contributed by atoms with Crippen LogP contribution in [0.3, 0.4) is 0 Å². The van der Waals surface area contributed by atoms with Crippen molar-refractivity contribution in [1.82, 2.24) is 5.32 Å². The lowest BCUT2D eigenvalue weighted by Crippen LogP contribution is -2.47. The lowest BCUT2D eigenvalue weighted by Gasteiger charge is -2.25. The van der Waals surface area contributed by atoms with Crippen LogP contribution in [0.5, 0.6) is 5.75 Å². The van der Waals surface area contributed by atoms with E-state index in [2.05, 4.69) is 10.4 Å². The van der Waals surface area contributed by atoms with E-state index < -0.39 is 15.9 Å². The molecule has 0 fully saturated rings. The summed E-state index contributed by atoms with van der Waals surface area (Å²) in [4.78, 5) is 24.1. The molecule has 0 bridgehead atoms. The van der Waals surface area contributed by atoms with Crippen molar-refractivity contribution in [3.63, 3.8) is 0 Å². The summed E-state index contributed by atoms with van der Waals surface area (Å²) in [6, 6.07) is 16.0. The molecule has 1 atom stereocenters. The van der Waals surface area contributed by atoms with Crippen LogP contribution in [0.1, 0.15) is 19.4 Å². The Bertz CT molecular complexity index is 1000. The maximum atomic E-state index is 12.8. The molecule has 0 radical (unpaired) electrons. The summed E-state index contributed by atoms with van der Waals surface area (Å²) in [5.41, 5.74) is 2.57. The van der Waals surface area contributed by atoms with Gasteiger partial charge in [-0.15, -0.1) is 0 Å². The Labute approximate surface area is 189 Å². The lowest BCUT2D eigenvalue weighted by atomic mass is 10.1. The molecule has 0 saturated heterocycles. The van der Waals surface area contributed by atoms with Crippen molar-refractivity contribution in [1.29, 1.82) is 0 Å². The quantitative estimate of drug-likeness (QED) is 0.394. The second-order valence-electron chi connectivity index (χ2n) is 6.50. The van der Waals surface area contributed by atoms with Crippen molar-refractivity contribution in [3.05, 3.63) is 65.7 Å². The summed E-state index contributed by atoms with van der Waals surface area (Å²) >= 11 is 17.6. The van der Waals surface area contributed by atoms with Crippen molar-refractivity contribution >= 4 is 64.1 Å². The van der Waals surface area contributed by atoms with E-state index in [1.807, 2.05) is 30.3 Å². The van der Waals surface area contributed by atoms with Gasteiger partial charge in [-0.2, -0.15) is 10.1 Å². The van der Waals surface area contributed by atoms with Gasteiger partial charge in [0.25, 0.3) is 5.91 Å². The number of halogens is 3. The fraction of sp³-hybridized carbons (Fsp3) is 0.190. The highest BCUT2D eigenvalue weighted by molar-refractivity contribution is 6.68. The van der Waals surface area contributed by atoms with E-state index in [4.69, 9.17) is 39.5 Å². The predicted octanol–water partition coefficient (Wildman–Crippen LogP) is 4.70. The van der Waals surface area contributed by atoms with Crippen molar-refractivity contribution in [3.8, 4) is 5.75 Å². The summed E-state index contributed by atoms with van der Waals surface area (Å²) in [6.45, 7) is 3.08. The van der Waals surface area contributed by atoms with Gasteiger partial charge in [0, 0.05) is 6.92 Å². The molecule has 0 saturated carbocycles. The Morgan fingerprint density at radius 2 is 1.77 bits per heavy atom. The number of anilines is 1. The Hall–Kier alpha value is -2.54. The van der Waals surface area contributed by atoms with Crippen LogP contribution < -0.4 is 15.1 Å². The summed E-state index contributed by atoms with van der Waals surface area (Å²) in [5.74, 6) is -0.220. The molecular formula is C21H18Cl3N3O3. The first kappa shape index (κ1) is 22.2. The third-order valence-electron chi connectivity index (χ3n) is 4.14. The van der Waals surface area contributed by atoms with Crippen LogP contribution in [0.25, 0.3) is 6.08 Å². The average Bonchev–Trinajstić information content (AvgIpc) is 2.97. The molecule has 2 aromatic carbocycles. The highest BCUT2D eigenvalue weighted by Gasteiger charge is 2.35. The van der Waals surface area contributed by atoms with Crippen LogP contribution in [-0.4, -0.2) is 27.5 Å². The van der Waals surface area contributed by atoms with Crippen LogP contribution >= 0.6 is 34.8 Å². The van der Waals surface area contributed by atoms with Gasteiger partial charge >= 0.3 is 0 Å². The van der Waals surface area contributed by atoms with Crippen LogP contribution in [0.2, 0.25) is 0 Å². The molecule has 2 amide bonds. The Morgan fingerprint density at radius 3 is 2.33 bits per heavy atom. The summed E-state index contributed by atoms with van der Waals surface area (Å²) in [5, 5.41) is 8.16. The normalized spacial score (nSPS) is 16.4. The number of amides is 2. The molecule has 1 aliphatic rings. The van der Waals surface area contributed by atoms with E-state index in [-0.39, 0.29) is 5.91 Å². The molecule has 0 aliphatic carbocycles. The van der Waals surface area contributed by atoms with Crippen LogP contribution in [0.4, 0.5) is 5.69 Å². The number of alkyl halides is 3. The first-order chi connectivity index (χ1) is 14.1. The van der Waals surface area contributed by atoms with Crippen LogP contribution in [0.15, 0.2) is 65.3 Å². The van der Waals surface area contributed by atoms with Gasteiger partial charge in [-0.3, -0.25) is 9.59 Å². The molecule has 9 heteroatoms. The summed E-state index contributed by atoms with van der Waals surface area (Å²) in [7, 11) is 0. The molecule has 3 rings (SSSR count). The SMILES string of the molecule is CC(=O)NC(Oc1ccc(/C=C2/C(=O)N(c3ccccc3)N=C2C)cc1)C(Cl)(Cl)Cl. The minimum absolute atomic E-state index is 0.207. The van der Waals surface area contributed by atoms with Gasteiger partial charge in [0.15, 0.2) is 0 Å². The van der Waals surface area contributed by atoms with Gasteiger partial charge in [0.2, 0.25) is 15.9 Å². The number of para-hydroxylation sites is 1. The maximum Gasteiger partial charge on any atom is 0.280 e. The first-order valence-electron chi connectivity index (χ1n) is 8.92. The number of hydrazone groups is 1. The highest BCUT2D eigenvalue weighted by atomic mass is 35.6. The first-order valence-corrected chi connectivity index (χ1v) is 10.1. The monoisotopic (exact) mass is 465 g/mol. The fourth-order valence-electron chi connectivity index (χ4n) is 2.74. The zero-order chi connectivity index (χ0) is 21.9. The zero-order valence-corrected chi connectivity index (χ0v) is 18.4. The number of hydrogen-bond donors (Lipinski definition) is 1. The largest absolute Gasteiger partial charge is 0.466 e. The van der Waals surface area contributed by atoms with E-state index in [0.29, 0.717) is 22.7 Å². The van der Waals surface area contributed by atoms with Gasteiger partial charge in [0.05, 0.1) is 17.0 Å². The van der Waals surface area contributed by atoms with Gasteiger partial charge in [0.1, 0.15) is 5.75 Å². The van der Waals surface area contributed by atoms with Gasteiger partial charge in [-0.05, 0) is 42.8 Å². The van der Waals surface area contributed by atoms with Crippen molar-refractivity contribution in [2.24, 2.45) is 5.10 Å². The summed E-state index contributed by atoms with van der Waals surface area (Å²) in [6.07, 6.45) is 0.586. The van der Waals surface area contributed by atoms with E-state index in [9.17, 15) is 9.59 Å². The Kier molecular flexibility index (Phi) is 6.71. The Balaban J connectivity index is 1.77. The number of nitrogens with zero attached hydrogens (tertiary/aromatic N) is 2. The molecular weight excluding hydrogens is 449 g/mol. The third-order valence-corrected chi connectivity index (χ3v) is 4.73. The van der Waals surface area contributed by atoms with Gasteiger partial charge < -0.3 is 10.1 Å². The smallest absolute Gasteiger partial charge is 0.280 e. The lowest BCUT2D eigenvalue weighted by molar-refractivity contribution is -0.121. The average molecular weight is 467 g/mol. The Morgan fingerprint density at radius 1 is 1.13 bits per heavy atom. The number of benzene rings is 2. The molecule has 1 aliphatic heterocycles. The van der Waals surface area contributed by atoms with E-state index in [1.165, 1.54) is 11.9 Å². The van der Waals surface area contributed by atoms with Crippen molar-refractivity contribution < 1.29 is 14.3 Å². The molecule has 1 heterocycles. The van der Waals surface area contributed by atoms with Gasteiger partial charge in [-0.1, -0.05) is 65.1 Å². The number of ether oxygens (including phenoxy) is 1. The number of hydrogen-bond acceptors (Lipinski definition) is 4. The zero-order valence-electron chi connectivity index (χ0n) is 16.1. The van der Waals surface area contributed by atoms with Crippen LogP contribution in [-0.2, 0) is 9.59 Å². The topological polar surface area (TPSA) is 71.0 Å². The minimum atomic E-state index is -1.85. The predicted molar refractivity (Wildman–Crippen MR) is 120 cm³/mol. The standard InChI is InChI=1S/C21H18Cl3N3O3/c1-13-18(19(29)27(26-13)16-6-4-3-5-7-16)12-15-8-10-17(11-9-15)30-20(21(22,23)24)25-14(2)28/h3-12,20H,1-2H3,(H,25,28)/b18-12+. The number of nitrogens with one attached hydrogen (secondary N) is 1. The van der Waals surface area contributed by atoms with Gasteiger partial charge in [-0.25, -0.2) is 0 Å². The molecule has 1 unspecified atom stereocenters. The second kappa shape index (κ2) is 9.08. The van der Waals surface area contributed by atoms with Crippen LogP contribution in [0, 0.1) is 0 Å². The minimum Gasteiger partial charge on any atom is -0.466 e. The molecule has 2 aromatic rings. The second-order valence-corrected chi connectivity index (χ2v) is 8.87. The fourth-order valence-corrected chi connectivity index (χ4v) is 3.03. The van der Waals surface area contributed by atoms with E-state index in [1.54, 1.807) is 37.3 Å². The molecule has 6 nitrogen and oxygen atoms in total. The highest BCUT2D eigenvalue weighted by Crippen LogP contribution is 2.32. The molecule has 0 aromatic heterocycles. The third kappa shape index (κ3) is 5.33. The van der Waals surface area contributed by atoms with Crippen molar-refractivity contribution in [2.45, 2.75) is 23.9 Å². The number of carbonyl (C=O) groups is 2. The number of carbonyl (C=O) groups excluding carboxylic acids is 2. The molecule has 1 N–H and O–H groups in total. The number of rotatable bonds is 5. The van der Waals surface area contributed by atoms with Crippen molar-refractivity contribution in [2.75, 3.05) is 5.01 Å². The summed E-state index contributed by atoms with van der Waals surface area (Å²) < 4.78 is 3.73. The molecule has 0 spiro atoms. The van der Waals surface area contributed by atoms with E-state index in [0.717, 1.165) is 5.56 Å².